The molecule has 0 radical (unpaired) electrons. The number of nitrogens with zero attached hydrogens (tertiary/aromatic N) is 1. The zero-order valence-corrected chi connectivity index (χ0v) is 12.8. The van der Waals surface area contributed by atoms with Crippen LogP contribution in [0.3, 0.4) is 0 Å². The van der Waals surface area contributed by atoms with E-state index >= 15 is 0 Å². The van der Waals surface area contributed by atoms with Gasteiger partial charge < -0.3 is 9.88 Å². The first kappa shape index (κ1) is 15.7. The Hall–Kier alpha value is -2.69. The third-order valence-corrected chi connectivity index (χ3v) is 3.60. The van der Waals surface area contributed by atoms with Crippen LogP contribution in [-0.4, -0.2) is 22.8 Å². The zero-order valence-electron chi connectivity index (χ0n) is 12.8. The summed E-state index contributed by atoms with van der Waals surface area (Å²) in [4.78, 5) is 36.4. The molecule has 0 bridgehead atoms. The Bertz CT molecular complexity index is 776. The van der Waals surface area contributed by atoms with Crippen molar-refractivity contribution >= 4 is 11.7 Å². The van der Waals surface area contributed by atoms with Gasteiger partial charge in [0.2, 0.25) is 0 Å². The standard InChI is InChI=1S/C17H18N2O3/c1-11-9-12(2)19(3)17(22)15(11)16(21)18-10-14(20)13-7-5-4-6-8-13/h4-9H,10H2,1-3H3,(H,18,21). The van der Waals surface area contributed by atoms with Gasteiger partial charge in [0.25, 0.3) is 11.5 Å². The first-order valence-corrected chi connectivity index (χ1v) is 6.95. The Morgan fingerprint density at radius 2 is 1.77 bits per heavy atom. The summed E-state index contributed by atoms with van der Waals surface area (Å²) < 4.78 is 1.42. The van der Waals surface area contributed by atoms with Crippen LogP contribution in [0, 0.1) is 13.8 Å². The Kier molecular flexibility index (Phi) is 4.56. The lowest BCUT2D eigenvalue weighted by molar-refractivity contribution is 0.0902. The maximum absolute atomic E-state index is 12.2. The number of carbonyl (C=O) groups excluding carboxylic acids is 2. The fourth-order valence-corrected chi connectivity index (χ4v) is 2.23. The highest BCUT2D eigenvalue weighted by Gasteiger charge is 2.17. The molecule has 0 fully saturated rings. The van der Waals surface area contributed by atoms with Crippen LogP contribution in [0.5, 0.6) is 0 Å². The number of rotatable bonds is 4. The van der Waals surface area contributed by atoms with Crippen LogP contribution in [0.25, 0.3) is 0 Å². The van der Waals surface area contributed by atoms with Gasteiger partial charge in [0, 0.05) is 18.3 Å². The largest absolute Gasteiger partial charge is 0.344 e. The van der Waals surface area contributed by atoms with Gasteiger partial charge in [0.1, 0.15) is 5.56 Å². The molecule has 0 saturated carbocycles. The second kappa shape index (κ2) is 6.39. The monoisotopic (exact) mass is 298 g/mol. The summed E-state index contributed by atoms with van der Waals surface area (Å²) >= 11 is 0. The number of aryl methyl sites for hydroxylation is 2. The van der Waals surface area contributed by atoms with Gasteiger partial charge in [-0.25, -0.2) is 0 Å². The number of nitrogens with one attached hydrogen (secondary N) is 1. The lowest BCUT2D eigenvalue weighted by Gasteiger charge is -2.10. The molecule has 1 heterocycles. The highest BCUT2D eigenvalue weighted by Crippen LogP contribution is 2.05. The molecule has 5 nitrogen and oxygen atoms in total. The van der Waals surface area contributed by atoms with Crippen LogP contribution in [0.1, 0.15) is 32.0 Å². The molecule has 1 aromatic heterocycles. The fourth-order valence-electron chi connectivity index (χ4n) is 2.23. The molecule has 0 spiro atoms. The van der Waals surface area contributed by atoms with Crippen molar-refractivity contribution in [1.82, 2.24) is 9.88 Å². The number of carbonyl (C=O) groups is 2. The second-order valence-electron chi connectivity index (χ2n) is 5.18. The van der Waals surface area contributed by atoms with E-state index in [9.17, 15) is 14.4 Å². The highest BCUT2D eigenvalue weighted by molar-refractivity contribution is 6.02. The third-order valence-electron chi connectivity index (χ3n) is 3.60. The van der Waals surface area contributed by atoms with Crippen molar-refractivity contribution in [3.63, 3.8) is 0 Å². The number of pyridine rings is 1. The lowest BCUT2D eigenvalue weighted by Crippen LogP contribution is -2.36. The fraction of sp³-hybridized carbons (Fsp3) is 0.235. The smallest absolute Gasteiger partial charge is 0.263 e. The molecule has 0 aliphatic rings. The van der Waals surface area contributed by atoms with Gasteiger partial charge >= 0.3 is 0 Å². The van der Waals surface area contributed by atoms with E-state index in [0.29, 0.717) is 11.1 Å². The van der Waals surface area contributed by atoms with Gasteiger partial charge in [0.05, 0.1) is 6.54 Å². The number of benzene rings is 1. The highest BCUT2D eigenvalue weighted by atomic mass is 16.2. The molecule has 1 N–H and O–H groups in total. The molecule has 2 rings (SSSR count). The SMILES string of the molecule is Cc1cc(C)n(C)c(=O)c1C(=O)NCC(=O)c1ccccc1. The Morgan fingerprint density at radius 1 is 1.14 bits per heavy atom. The Labute approximate surface area is 128 Å². The van der Waals surface area contributed by atoms with Gasteiger partial charge in [-0.2, -0.15) is 0 Å². The van der Waals surface area contributed by atoms with Gasteiger partial charge in [0.15, 0.2) is 5.78 Å². The molecule has 0 aliphatic heterocycles. The molecule has 0 unspecified atom stereocenters. The van der Waals surface area contributed by atoms with Crippen molar-refractivity contribution in [2.75, 3.05) is 6.54 Å². The lowest BCUT2D eigenvalue weighted by atomic mass is 10.1. The van der Waals surface area contributed by atoms with E-state index in [0.717, 1.165) is 5.69 Å². The van der Waals surface area contributed by atoms with E-state index in [-0.39, 0.29) is 23.5 Å². The normalized spacial score (nSPS) is 10.3. The number of hydrogen-bond donors (Lipinski definition) is 1. The topological polar surface area (TPSA) is 68.2 Å². The minimum Gasteiger partial charge on any atom is -0.344 e. The van der Waals surface area contributed by atoms with Crippen LogP contribution in [-0.2, 0) is 7.05 Å². The molecule has 114 valence electrons. The number of ketones is 1. The van der Waals surface area contributed by atoms with Gasteiger partial charge in [-0.15, -0.1) is 0 Å². The van der Waals surface area contributed by atoms with Crippen LogP contribution in [0.15, 0.2) is 41.2 Å². The van der Waals surface area contributed by atoms with E-state index < -0.39 is 5.91 Å². The maximum atomic E-state index is 12.2. The molecule has 0 atom stereocenters. The summed E-state index contributed by atoms with van der Waals surface area (Å²) in [5.41, 5.74) is 1.62. The van der Waals surface area contributed by atoms with Gasteiger partial charge in [-0.1, -0.05) is 30.3 Å². The van der Waals surface area contributed by atoms with Crippen molar-refractivity contribution in [3.8, 4) is 0 Å². The summed E-state index contributed by atoms with van der Waals surface area (Å²) in [6.07, 6.45) is 0. The van der Waals surface area contributed by atoms with E-state index in [1.165, 1.54) is 4.57 Å². The van der Waals surface area contributed by atoms with Crippen molar-refractivity contribution in [2.24, 2.45) is 7.05 Å². The van der Waals surface area contributed by atoms with Crippen LogP contribution < -0.4 is 10.9 Å². The van der Waals surface area contributed by atoms with Crippen molar-refractivity contribution < 1.29 is 9.59 Å². The molecule has 0 saturated heterocycles. The van der Waals surface area contributed by atoms with E-state index in [4.69, 9.17) is 0 Å². The summed E-state index contributed by atoms with van der Waals surface area (Å²) in [6, 6.07) is 10.5. The predicted molar refractivity (Wildman–Crippen MR) is 84.3 cm³/mol. The minimum absolute atomic E-state index is 0.0777. The van der Waals surface area contributed by atoms with E-state index in [1.54, 1.807) is 51.2 Å². The Morgan fingerprint density at radius 3 is 2.41 bits per heavy atom. The number of amides is 1. The molecule has 5 heteroatoms. The molecule has 22 heavy (non-hydrogen) atoms. The molecule has 1 amide bonds. The van der Waals surface area contributed by atoms with Crippen LogP contribution in [0.2, 0.25) is 0 Å². The number of hydrogen-bond acceptors (Lipinski definition) is 3. The third kappa shape index (κ3) is 3.14. The molecule has 1 aromatic carbocycles. The summed E-state index contributed by atoms with van der Waals surface area (Å²) in [5.74, 6) is -0.724. The van der Waals surface area contributed by atoms with Crippen LogP contribution in [0.4, 0.5) is 0 Å². The van der Waals surface area contributed by atoms with Crippen LogP contribution >= 0.6 is 0 Å². The number of aromatic nitrogens is 1. The van der Waals surface area contributed by atoms with Crippen molar-refractivity contribution in [3.05, 3.63) is 69.1 Å². The average molecular weight is 298 g/mol. The Balaban J connectivity index is 2.16. The maximum Gasteiger partial charge on any atom is 0.263 e. The second-order valence-corrected chi connectivity index (χ2v) is 5.18. The van der Waals surface area contributed by atoms with Crippen molar-refractivity contribution in [2.45, 2.75) is 13.8 Å². The molecular weight excluding hydrogens is 280 g/mol. The molecule has 0 aliphatic carbocycles. The zero-order chi connectivity index (χ0) is 16.3. The van der Waals surface area contributed by atoms with E-state index in [2.05, 4.69) is 5.32 Å². The molecule has 2 aromatic rings. The van der Waals surface area contributed by atoms with E-state index in [1.807, 2.05) is 6.07 Å². The first-order chi connectivity index (χ1) is 10.4. The summed E-state index contributed by atoms with van der Waals surface area (Å²) in [7, 11) is 1.61. The van der Waals surface area contributed by atoms with Gasteiger partial charge in [-0.3, -0.25) is 14.4 Å². The quantitative estimate of drug-likeness (QED) is 0.872. The average Bonchev–Trinajstić information content (AvgIpc) is 2.51. The summed E-state index contributed by atoms with van der Waals surface area (Å²) in [5, 5.41) is 2.52. The minimum atomic E-state index is -0.526. The van der Waals surface area contributed by atoms with Gasteiger partial charge in [-0.05, 0) is 25.5 Å². The predicted octanol–water partition coefficient (Wildman–Crippen LogP) is 1.61. The first-order valence-electron chi connectivity index (χ1n) is 6.95. The number of Topliss-reactive ketones (excluding diaryl/α,β-unsaturated/α-hetero) is 1. The summed E-state index contributed by atoms with van der Waals surface area (Å²) in [6.45, 7) is 3.37. The van der Waals surface area contributed by atoms with Crippen molar-refractivity contribution in [1.29, 1.82) is 0 Å². The molecular formula is C17H18N2O3.